The van der Waals surface area contributed by atoms with E-state index in [-0.39, 0.29) is 29.7 Å². The quantitative estimate of drug-likeness (QED) is 0.809. The van der Waals surface area contributed by atoms with Crippen molar-refractivity contribution in [1.29, 1.82) is 0 Å². The fraction of sp³-hybridized carbons (Fsp3) is 0.611. The van der Waals surface area contributed by atoms with E-state index < -0.39 is 6.04 Å². The van der Waals surface area contributed by atoms with Gasteiger partial charge in [0.2, 0.25) is 11.8 Å². The maximum Gasteiger partial charge on any atom is 0.263 e. The largest absolute Gasteiger partial charge is 0.352 e. The molecular formula is C18H27N3O3S. The minimum absolute atomic E-state index is 0.0185. The van der Waals surface area contributed by atoms with Crippen LogP contribution in [0.2, 0.25) is 0 Å². The smallest absolute Gasteiger partial charge is 0.263 e. The van der Waals surface area contributed by atoms with E-state index in [1.165, 1.54) is 11.3 Å². The van der Waals surface area contributed by atoms with Crippen LogP contribution in [0, 0.1) is 5.92 Å². The van der Waals surface area contributed by atoms with Crippen LogP contribution in [0.4, 0.5) is 0 Å². The van der Waals surface area contributed by atoms with Gasteiger partial charge >= 0.3 is 0 Å². The molecule has 1 aromatic rings. The van der Waals surface area contributed by atoms with Gasteiger partial charge in [0.05, 0.1) is 10.8 Å². The van der Waals surface area contributed by atoms with Crippen LogP contribution in [0.25, 0.3) is 0 Å². The average molecular weight is 365 g/mol. The third-order valence-electron chi connectivity index (χ3n) is 4.56. The zero-order valence-corrected chi connectivity index (χ0v) is 15.9. The van der Waals surface area contributed by atoms with E-state index in [2.05, 4.69) is 10.6 Å². The molecule has 1 fully saturated rings. The summed E-state index contributed by atoms with van der Waals surface area (Å²) < 4.78 is 0. The normalized spacial score (nSPS) is 19.8. The lowest BCUT2D eigenvalue weighted by Gasteiger charge is -2.32. The van der Waals surface area contributed by atoms with Gasteiger partial charge in [0.25, 0.3) is 5.91 Å². The molecule has 0 spiro atoms. The van der Waals surface area contributed by atoms with E-state index in [9.17, 15) is 14.4 Å². The molecular weight excluding hydrogens is 338 g/mol. The summed E-state index contributed by atoms with van der Waals surface area (Å²) >= 11 is 1.41. The Labute approximate surface area is 153 Å². The number of likely N-dealkylation sites (tertiary alicyclic amines) is 1. The molecule has 1 saturated heterocycles. The van der Waals surface area contributed by atoms with E-state index in [4.69, 9.17) is 0 Å². The summed E-state index contributed by atoms with van der Waals surface area (Å²) in [6, 6.07) is 3.16. The number of nitrogens with zero attached hydrogens (tertiary/aromatic N) is 1. The Morgan fingerprint density at radius 2 is 2.08 bits per heavy atom. The van der Waals surface area contributed by atoms with Crippen molar-refractivity contribution in [3.05, 3.63) is 22.4 Å². The molecule has 0 bridgehead atoms. The number of hydrogen-bond donors (Lipinski definition) is 2. The van der Waals surface area contributed by atoms with Gasteiger partial charge in [-0.3, -0.25) is 14.4 Å². The van der Waals surface area contributed by atoms with Crippen LogP contribution < -0.4 is 10.6 Å². The zero-order valence-electron chi connectivity index (χ0n) is 15.1. The van der Waals surface area contributed by atoms with Crippen molar-refractivity contribution >= 4 is 29.1 Å². The van der Waals surface area contributed by atoms with Gasteiger partial charge in [0.1, 0.15) is 6.04 Å². The number of carbonyl (C=O) groups excluding carboxylic acids is 3. The molecule has 25 heavy (non-hydrogen) atoms. The molecule has 1 aromatic heterocycles. The number of hydrogen-bond acceptors (Lipinski definition) is 4. The number of nitrogens with one attached hydrogen (secondary N) is 2. The summed E-state index contributed by atoms with van der Waals surface area (Å²) in [7, 11) is 0. The van der Waals surface area contributed by atoms with Crippen LogP contribution in [0.3, 0.4) is 0 Å². The third kappa shape index (κ3) is 5.29. The fourth-order valence-corrected chi connectivity index (χ4v) is 3.49. The Morgan fingerprint density at radius 3 is 2.72 bits per heavy atom. The Bertz CT molecular complexity index is 603. The monoisotopic (exact) mass is 365 g/mol. The summed E-state index contributed by atoms with van der Waals surface area (Å²) in [6.45, 7) is 6.69. The third-order valence-corrected chi connectivity index (χ3v) is 5.42. The SMILES string of the molecule is CCC(C)NC(=O)C(C)NC(=O)C1CCCN(C(=O)c2cccs2)C1. The molecule has 3 unspecified atom stereocenters. The zero-order chi connectivity index (χ0) is 18.4. The molecule has 3 atom stereocenters. The first kappa shape index (κ1) is 19.4. The number of piperidine rings is 1. The van der Waals surface area contributed by atoms with Crippen molar-refractivity contribution < 1.29 is 14.4 Å². The summed E-state index contributed by atoms with van der Waals surface area (Å²) in [5.41, 5.74) is 0. The molecule has 0 saturated carbocycles. The molecule has 3 amide bonds. The van der Waals surface area contributed by atoms with E-state index in [1.54, 1.807) is 17.9 Å². The van der Waals surface area contributed by atoms with Crippen LogP contribution in [-0.4, -0.2) is 47.8 Å². The maximum atomic E-state index is 12.5. The number of thiophene rings is 1. The highest BCUT2D eigenvalue weighted by atomic mass is 32.1. The van der Waals surface area contributed by atoms with Gasteiger partial charge in [-0.25, -0.2) is 0 Å². The van der Waals surface area contributed by atoms with Crippen molar-refractivity contribution in [1.82, 2.24) is 15.5 Å². The molecule has 1 aliphatic heterocycles. The minimum Gasteiger partial charge on any atom is -0.352 e. The van der Waals surface area contributed by atoms with E-state index in [1.807, 2.05) is 25.3 Å². The highest BCUT2D eigenvalue weighted by Crippen LogP contribution is 2.20. The lowest BCUT2D eigenvalue weighted by atomic mass is 9.96. The molecule has 1 aliphatic rings. The van der Waals surface area contributed by atoms with Crippen molar-refractivity contribution in [2.45, 2.75) is 52.1 Å². The van der Waals surface area contributed by atoms with Crippen LogP contribution in [-0.2, 0) is 9.59 Å². The van der Waals surface area contributed by atoms with Gasteiger partial charge in [-0.05, 0) is 44.6 Å². The van der Waals surface area contributed by atoms with Crippen LogP contribution in [0.15, 0.2) is 17.5 Å². The second-order valence-corrected chi connectivity index (χ2v) is 7.56. The molecule has 0 radical (unpaired) electrons. The lowest BCUT2D eigenvalue weighted by molar-refractivity contribution is -0.131. The van der Waals surface area contributed by atoms with E-state index in [0.717, 1.165) is 19.3 Å². The number of rotatable bonds is 6. The van der Waals surface area contributed by atoms with Crippen LogP contribution >= 0.6 is 11.3 Å². The van der Waals surface area contributed by atoms with Gasteiger partial charge in [0.15, 0.2) is 0 Å². The molecule has 138 valence electrons. The van der Waals surface area contributed by atoms with Crippen LogP contribution in [0.5, 0.6) is 0 Å². The Kier molecular flexibility index (Phi) is 6.99. The molecule has 2 heterocycles. The first-order valence-corrected chi connectivity index (χ1v) is 9.73. The number of amides is 3. The van der Waals surface area contributed by atoms with E-state index >= 15 is 0 Å². The van der Waals surface area contributed by atoms with Gasteiger partial charge < -0.3 is 15.5 Å². The topological polar surface area (TPSA) is 78.5 Å². The van der Waals surface area contributed by atoms with Gasteiger partial charge in [-0.2, -0.15) is 0 Å². The lowest BCUT2D eigenvalue weighted by Crippen LogP contribution is -2.51. The molecule has 7 heteroatoms. The van der Waals surface area contributed by atoms with Crippen molar-refractivity contribution in [3.8, 4) is 0 Å². The van der Waals surface area contributed by atoms with Gasteiger partial charge in [-0.15, -0.1) is 11.3 Å². The fourth-order valence-electron chi connectivity index (χ4n) is 2.80. The Morgan fingerprint density at radius 1 is 1.32 bits per heavy atom. The summed E-state index contributed by atoms with van der Waals surface area (Å²) in [4.78, 5) is 39.5. The first-order chi connectivity index (χ1) is 11.9. The Hall–Kier alpha value is -1.89. The highest BCUT2D eigenvalue weighted by molar-refractivity contribution is 7.12. The molecule has 2 N–H and O–H groups in total. The predicted octanol–water partition coefficient (Wildman–Crippen LogP) is 2.02. The second kappa shape index (κ2) is 8.99. The van der Waals surface area contributed by atoms with Crippen molar-refractivity contribution in [2.24, 2.45) is 5.92 Å². The maximum absolute atomic E-state index is 12.5. The minimum atomic E-state index is -0.579. The summed E-state index contributed by atoms with van der Waals surface area (Å²) in [5, 5.41) is 7.53. The van der Waals surface area contributed by atoms with Crippen molar-refractivity contribution in [3.63, 3.8) is 0 Å². The predicted molar refractivity (Wildman–Crippen MR) is 98.4 cm³/mol. The summed E-state index contributed by atoms with van der Waals surface area (Å²) in [5.74, 6) is -0.618. The number of carbonyl (C=O) groups is 3. The van der Waals surface area contributed by atoms with Crippen LogP contribution in [0.1, 0.15) is 49.7 Å². The second-order valence-electron chi connectivity index (χ2n) is 6.62. The van der Waals surface area contributed by atoms with Crippen molar-refractivity contribution in [2.75, 3.05) is 13.1 Å². The average Bonchev–Trinajstić information content (AvgIpc) is 3.15. The standard InChI is InChI=1S/C18H27N3O3S/c1-4-12(2)19-16(22)13(3)20-17(23)14-7-5-9-21(11-14)18(24)15-8-6-10-25-15/h6,8,10,12-14H,4-5,7,9,11H2,1-3H3,(H,19,22)(H,20,23). The van der Waals surface area contributed by atoms with Gasteiger partial charge in [-0.1, -0.05) is 13.0 Å². The molecule has 6 nitrogen and oxygen atoms in total. The molecule has 0 aromatic carbocycles. The van der Waals surface area contributed by atoms with E-state index in [0.29, 0.717) is 18.0 Å². The molecule has 0 aliphatic carbocycles. The first-order valence-electron chi connectivity index (χ1n) is 8.85. The van der Waals surface area contributed by atoms with Gasteiger partial charge in [0, 0.05) is 19.1 Å². The molecule has 2 rings (SSSR count). The highest BCUT2D eigenvalue weighted by Gasteiger charge is 2.30. The summed E-state index contributed by atoms with van der Waals surface area (Å²) in [6.07, 6.45) is 2.37. The Balaban J connectivity index is 1.88.